The smallest absolute Gasteiger partial charge is 0.123 e. The van der Waals surface area contributed by atoms with Crippen LogP contribution in [0.15, 0.2) is 48.5 Å². The second-order valence-corrected chi connectivity index (χ2v) is 4.56. The minimum Gasteiger partial charge on any atom is -0.493 e. The Kier molecular flexibility index (Phi) is 4.53. The van der Waals surface area contributed by atoms with Crippen molar-refractivity contribution in [3.8, 4) is 5.75 Å². The number of ether oxygens (including phenoxy) is 1. The summed E-state index contributed by atoms with van der Waals surface area (Å²) in [6.07, 6.45) is 0. The van der Waals surface area contributed by atoms with Gasteiger partial charge < -0.3 is 9.84 Å². The highest BCUT2D eigenvalue weighted by molar-refractivity contribution is 5.26. The lowest BCUT2D eigenvalue weighted by atomic mass is 9.99. The van der Waals surface area contributed by atoms with Crippen molar-refractivity contribution in [1.82, 2.24) is 0 Å². The third kappa shape index (κ3) is 3.80. The van der Waals surface area contributed by atoms with Crippen LogP contribution in [0.2, 0.25) is 0 Å². The van der Waals surface area contributed by atoms with Crippen LogP contribution in [0.25, 0.3) is 0 Å². The van der Waals surface area contributed by atoms with E-state index >= 15 is 0 Å². The molecule has 100 valence electrons. The van der Waals surface area contributed by atoms with Crippen molar-refractivity contribution in [2.24, 2.45) is 0 Å². The number of benzene rings is 2. The van der Waals surface area contributed by atoms with E-state index in [1.807, 2.05) is 31.2 Å². The largest absolute Gasteiger partial charge is 0.493 e. The first-order valence-corrected chi connectivity index (χ1v) is 6.25. The highest BCUT2D eigenvalue weighted by Gasteiger charge is 2.11. The van der Waals surface area contributed by atoms with Crippen molar-refractivity contribution in [3.63, 3.8) is 0 Å². The molecule has 1 N–H and O–H groups in total. The second kappa shape index (κ2) is 6.34. The molecule has 0 spiro atoms. The topological polar surface area (TPSA) is 29.5 Å². The normalized spacial score (nSPS) is 12.2. The average Bonchev–Trinajstić information content (AvgIpc) is 2.42. The monoisotopic (exact) mass is 260 g/mol. The third-order valence-corrected chi connectivity index (χ3v) is 3.00. The molecule has 1 atom stereocenters. The first-order chi connectivity index (χ1) is 9.19. The van der Waals surface area contributed by atoms with E-state index in [0.29, 0.717) is 12.4 Å². The summed E-state index contributed by atoms with van der Waals surface area (Å²) in [5.41, 5.74) is 2.20. The Hall–Kier alpha value is -1.87. The Labute approximate surface area is 112 Å². The molecule has 0 saturated heterocycles. The minimum absolute atomic E-state index is 0.0185. The lowest BCUT2D eigenvalue weighted by Crippen LogP contribution is -2.14. The summed E-state index contributed by atoms with van der Waals surface area (Å²) in [5, 5.41) is 9.45. The summed E-state index contributed by atoms with van der Waals surface area (Å²) in [6.45, 7) is 2.40. The molecule has 19 heavy (non-hydrogen) atoms. The fraction of sp³-hybridized carbons (Fsp3) is 0.250. The average molecular weight is 260 g/mol. The van der Waals surface area contributed by atoms with Gasteiger partial charge in [0.25, 0.3) is 0 Å². The van der Waals surface area contributed by atoms with Crippen molar-refractivity contribution in [2.75, 3.05) is 13.2 Å². The van der Waals surface area contributed by atoms with Crippen LogP contribution in [0.3, 0.4) is 0 Å². The quantitative estimate of drug-likeness (QED) is 0.894. The number of aryl methyl sites for hydroxylation is 1. The van der Waals surface area contributed by atoms with Gasteiger partial charge in [-0.2, -0.15) is 0 Å². The number of halogens is 1. The van der Waals surface area contributed by atoms with E-state index < -0.39 is 0 Å². The van der Waals surface area contributed by atoms with Crippen LogP contribution >= 0.6 is 0 Å². The third-order valence-electron chi connectivity index (χ3n) is 3.00. The van der Waals surface area contributed by atoms with Gasteiger partial charge >= 0.3 is 0 Å². The summed E-state index contributed by atoms with van der Waals surface area (Å²) in [7, 11) is 0. The number of rotatable bonds is 5. The molecule has 1 unspecified atom stereocenters. The van der Waals surface area contributed by atoms with Crippen molar-refractivity contribution in [2.45, 2.75) is 12.8 Å². The lowest BCUT2D eigenvalue weighted by molar-refractivity contribution is 0.205. The van der Waals surface area contributed by atoms with Crippen LogP contribution in [0.4, 0.5) is 4.39 Å². The fourth-order valence-electron chi connectivity index (χ4n) is 1.91. The van der Waals surface area contributed by atoms with Gasteiger partial charge in [0.2, 0.25) is 0 Å². The van der Waals surface area contributed by atoms with Crippen LogP contribution < -0.4 is 4.74 Å². The molecular formula is C16H17FO2. The van der Waals surface area contributed by atoms with Crippen LogP contribution in [-0.4, -0.2) is 18.3 Å². The summed E-state index contributed by atoms with van der Waals surface area (Å²) in [4.78, 5) is 0. The molecule has 0 aliphatic heterocycles. The summed E-state index contributed by atoms with van der Waals surface area (Å²) in [6, 6.07) is 13.9. The van der Waals surface area contributed by atoms with Crippen molar-refractivity contribution < 1.29 is 14.2 Å². The Morgan fingerprint density at radius 2 is 1.89 bits per heavy atom. The number of hydrogen-bond acceptors (Lipinski definition) is 2. The summed E-state index contributed by atoms with van der Waals surface area (Å²) in [5.74, 6) is 0.238. The van der Waals surface area contributed by atoms with E-state index in [-0.39, 0.29) is 18.3 Å². The molecule has 0 aliphatic carbocycles. The predicted molar refractivity (Wildman–Crippen MR) is 72.9 cm³/mol. The van der Waals surface area contributed by atoms with Gasteiger partial charge in [-0.3, -0.25) is 0 Å². The van der Waals surface area contributed by atoms with Crippen LogP contribution in [0, 0.1) is 12.7 Å². The van der Waals surface area contributed by atoms with E-state index in [1.54, 1.807) is 12.1 Å². The summed E-state index contributed by atoms with van der Waals surface area (Å²) < 4.78 is 18.3. The fourth-order valence-corrected chi connectivity index (χ4v) is 1.91. The van der Waals surface area contributed by atoms with E-state index in [1.165, 1.54) is 12.1 Å². The molecule has 0 fully saturated rings. The SMILES string of the molecule is Cc1cccc(C(CO)COc2ccc(F)cc2)c1. The van der Waals surface area contributed by atoms with Crippen molar-refractivity contribution in [3.05, 3.63) is 65.5 Å². The zero-order valence-electron chi connectivity index (χ0n) is 10.8. The molecule has 3 heteroatoms. The van der Waals surface area contributed by atoms with E-state index in [4.69, 9.17) is 4.74 Å². The first-order valence-electron chi connectivity index (χ1n) is 6.25. The number of aliphatic hydroxyl groups is 1. The second-order valence-electron chi connectivity index (χ2n) is 4.56. The molecule has 0 bridgehead atoms. The van der Waals surface area contributed by atoms with E-state index in [2.05, 4.69) is 0 Å². The van der Waals surface area contributed by atoms with Crippen LogP contribution in [0.5, 0.6) is 5.75 Å². The first kappa shape index (κ1) is 13.6. The Morgan fingerprint density at radius 1 is 1.16 bits per heavy atom. The van der Waals surface area contributed by atoms with Crippen LogP contribution in [-0.2, 0) is 0 Å². The standard InChI is InChI=1S/C16H17FO2/c1-12-3-2-4-13(9-12)14(10-18)11-19-16-7-5-15(17)6-8-16/h2-9,14,18H,10-11H2,1H3. The molecule has 2 nitrogen and oxygen atoms in total. The maximum absolute atomic E-state index is 12.8. The highest BCUT2D eigenvalue weighted by atomic mass is 19.1. The molecule has 0 saturated carbocycles. The maximum atomic E-state index is 12.8. The molecule has 2 aromatic carbocycles. The Balaban J connectivity index is 2.01. The molecule has 2 rings (SSSR count). The molecule has 0 heterocycles. The number of aliphatic hydroxyl groups excluding tert-OH is 1. The maximum Gasteiger partial charge on any atom is 0.123 e. The van der Waals surface area contributed by atoms with E-state index in [9.17, 15) is 9.50 Å². The highest BCUT2D eigenvalue weighted by Crippen LogP contribution is 2.19. The van der Waals surface area contributed by atoms with Gasteiger partial charge in [-0.15, -0.1) is 0 Å². The molecule has 0 radical (unpaired) electrons. The van der Waals surface area contributed by atoms with Gasteiger partial charge in [0.15, 0.2) is 0 Å². The molecule has 0 amide bonds. The van der Waals surface area contributed by atoms with Crippen LogP contribution in [0.1, 0.15) is 17.0 Å². The van der Waals surface area contributed by atoms with Gasteiger partial charge in [-0.1, -0.05) is 29.8 Å². The number of hydrogen-bond donors (Lipinski definition) is 1. The van der Waals surface area contributed by atoms with Gasteiger partial charge in [0, 0.05) is 5.92 Å². The molecule has 2 aromatic rings. The predicted octanol–water partition coefficient (Wildman–Crippen LogP) is 3.29. The van der Waals surface area contributed by atoms with Gasteiger partial charge in [-0.05, 0) is 36.8 Å². The minimum atomic E-state index is -0.287. The molecular weight excluding hydrogens is 243 g/mol. The Bertz CT molecular complexity index is 523. The Morgan fingerprint density at radius 3 is 2.53 bits per heavy atom. The summed E-state index contributed by atoms with van der Waals surface area (Å²) >= 11 is 0. The zero-order valence-corrected chi connectivity index (χ0v) is 10.8. The van der Waals surface area contributed by atoms with Gasteiger partial charge in [0.1, 0.15) is 11.6 Å². The van der Waals surface area contributed by atoms with Crippen molar-refractivity contribution >= 4 is 0 Å². The molecule has 0 aromatic heterocycles. The van der Waals surface area contributed by atoms with Gasteiger partial charge in [-0.25, -0.2) is 4.39 Å². The van der Waals surface area contributed by atoms with E-state index in [0.717, 1.165) is 11.1 Å². The van der Waals surface area contributed by atoms with Crippen molar-refractivity contribution in [1.29, 1.82) is 0 Å². The lowest BCUT2D eigenvalue weighted by Gasteiger charge is -2.16. The van der Waals surface area contributed by atoms with Gasteiger partial charge in [0.05, 0.1) is 13.2 Å². The molecule has 0 aliphatic rings. The zero-order chi connectivity index (χ0) is 13.7.